The molecule has 1 aliphatic rings. The van der Waals surface area contributed by atoms with Crippen molar-refractivity contribution in [2.24, 2.45) is 0 Å². The predicted molar refractivity (Wildman–Crippen MR) is 118 cm³/mol. The van der Waals surface area contributed by atoms with Gasteiger partial charge >= 0.3 is 6.18 Å². The average molecular weight is 441 g/mol. The average Bonchev–Trinajstić information content (AvgIpc) is 2.82. The number of rotatable bonds is 5. The molecule has 4 rings (SSSR count). The molecule has 1 aliphatic heterocycles. The molecule has 0 bridgehead atoms. The largest absolute Gasteiger partial charge is 0.483 e. The number of carbonyl (C=O) groups is 1. The molecule has 8 heteroatoms. The van der Waals surface area contributed by atoms with Gasteiger partial charge in [-0.15, -0.1) is 0 Å². The van der Waals surface area contributed by atoms with Crippen molar-refractivity contribution < 1.29 is 22.7 Å². The summed E-state index contributed by atoms with van der Waals surface area (Å²) in [6, 6.07) is 16.3. The number of nitrogens with zero attached hydrogens (tertiary/aromatic N) is 2. The molecular formula is C24H22F3N3O2. The van der Waals surface area contributed by atoms with Crippen molar-refractivity contribution >= 4 is 28.6 Å². The highest BCUT2D eigenvalue weighted by Crippen LogP contribution is 2.32. The maximum atomic E-state index is 13.0. The molecule has 5 nitrogen and oxygen atoms in total. The fourth-order valence-electron chi connectivity index (χ4n) is 3.87. The lowest BCUT2D eigenvalue weighted by atomic mass is 10.0. The van der Waals surface area contributed by atoms with Crippen molar-refractivity contribution in [2.75, 3.05) is 37.7 Å². The Bertz CT molecular complexity index is 1140. The summed E-state index contributed by atoms with van der Waals surface area (Å²) in [7, 11) is 0. The van der Waals surface area contributed by atoms with Gasteiger partial charge in [-0.1, -0.05) is 30.3 Å². The number of anilines is 1. The van der Waals surface area contributed by atoms with Gasteiger partial charge in [-0.25, -0.2) is 0 Å². The summed E-state index contributed by atoms with van der Waals surface area (Å²) in [6.07, 6.45) is -3.10. The summed E-state index contributed by atoms with van der Waals surface area (Å²) in [5.74, 6) is 0.399. The normalized spacial score (nSPS) is 14.5. The number of fused-ring (bicyclic) bond motifs is 1. The topological polar surface area (TPSA) is 56.6 Å². The number of benzene rings is 3. The number of halogens is 3. The van der Waals surface area contributed by atoms with E-state index < -0.39 is 11.7 Å². The van der Waals surface area contributed by atoms with E-state index in [1.54, 1.807) is 23.1 Å². The van der Waals surface area contributed by atoms with Crippen molar-refractivity contribution in [3.63, 3.8) is 0 Å². The number of nitrogens with one attached hydrogen (secondary N) is 1. The highest BCUT2D eigenvalue weighted by atomic mass is 19.4. The van der Waals surface area contributed by atoms with Crippen LogP contribution in [0.3, 0.4) is 0 Å². The molecule has 0 unspecified atom stereocenters. The zero-order chi connectivity index (χ0) is 22.7. The molecule has 1 amide bonds. The number of alkyl halides is 3. The first-order chi connectivity index (χ1) is 15.4. The number of ether oxygens (including phenoxy) is 1. The zero-order valence-corrected chi connectivity index (χ0v) is 17.2. The van der Waals surface area contributed by atoms with E-state index in [9.17, 15) is 18.0 Å². The molecule has 1 saturated heterocycles. The Kier molecular flexibility index (Phi) is 6.03. The number of amides is 1. The fourth-order valence-corrected chi connectivity index (χ4v) is 3.87. The van der Waals surface area contributed by atoms with Gasteiger partial charge in [0.2, 0.25) is 0 Å². The summed E-state index contributed by atoms with van der Waals surface area (Å²) >= 11 is 0. The van der Waals surface area contributed by atoms with Crippen LogP contribution in [0.1, 0.15) is 11.1 Å². The standard InChI is InChI=1S/C24H22F3N3O2/c25-24(26,27)18-4-3-5-19(14-18)29-10-12-30(13-11-29)23(31)16-32-22-9-8-17(15-28)20-6-1-2-7-21(20)22/h1-9,14-15,28H,10-13,16H2. The predicted octanol–water partition coefficient (Wildman–Crippen LogP) is 4.58. The van der Waals surface area contributed by atoms with Gasteiger partial charge in [-0.2, -0.15) is 13.2 Å². The van der Waals surface area contributed by atoms with E-state index in [-0.39, 0.29) is 12.5 Å². The molecule has 32 heavy (non-hydrogen) atoms. The molecule has 3 aromatic rings. The summed E-state index contributed by atoms with van der Waals surface area (Å²) in [4.78, 5) is 16.2. The van der Waals surface area contributed by atoms with Gasteiger partial charge in [-0.05, 0) is 35.7 Å². The van der Waals surface area contributed by atoms with Crippen LogP contribution in [-0.4, -0.2) is 49.8 Å². The molecule has 166 valence electrons. The van der Waals surface area contributed by atoms with Gasteiger partial charge in [0.05, 0.1) is 5.56 Å². The smallest absolute Gasteiger partial charge is 0.416 e. The molecule has 1 heterocycles. The second-order valence-corrected chi connectivity index (χ2v) is 7.55. The third kappa shape index (κ3) is 4.54. The van der Waals surface area contributed by atoms with Crippen LogP contribution in [0.25, 0.3) is 10.8 Å². The van der Waals surface area contributed by atoms with Gasteiger partial charge in [-0.3, -0.25) is 4.79 Å². The summed E-state index contributed by atoms with van der Waals surface area (Å²) < 4.78 is 44.7. The van der Waals surface area contributed by atoms with Crippen molar-refractivity contribution in [1.29, 1.82) is 5.41 Å². The van der Waals surface area contributed by atoms with Crippen molar-refractivity contribution in [3.05, 3.63) is 71.8 Å². The summed E-state index contributed by atoms with van der Waals surface area (Å²) in [6.45, 7) is 1.59. The second-order valence-electron chi connectivity index (χ2n) is 7.55. The molecule has 0 aromatic heterocycles. The molecule has 0 spiro atoms. The van der Waals surface area contributed by atoms with Crippen LogP contribution in [-0.2, 0) is 11.0 Å². The van der Waals surface area contributed by atoms with Gasteiger partial charge < -0.3 is 19.9 Å². The van der Waals surface area contributed by atoms with Crippen LogP contribution in [0.15, 0.2) is 60.7 Å². The Labute approximate surface area is 183 Å². The fraction of sp³-hybridized carbons (Fsp3) is 0.250. The zero-order valence-electron chi connectivity index (χ0n) is 17.2. The first-order valence-electron chi connectivity index (χ1n) is 10.2. The van der Waals surface area contributed by atoms with E-state index in [1.165, 1.54) is 12.3 Å². The van der Waals surface area contributed by atoms with Crippen molar-refractivity contribution in [3.8, 4) is 5.75 Å². The first-order valence-corrected chi connectivity index (χ1v) is 10.2. The van der Waals surface area contributed by atoms with E-state index >= 15 is 0 Å². The third-order valence-corrected chi connectivity index (χ3v) is 5.60. The Balaban J connectivity index is 1.37. The van der Waals surface area contributed by atoms with E-state index in [4.69, 9.17) is 10.1 Å². The molecule has 0 radical (unpaired) electrons. The van der Waals surface area contributed by atoms with Gasteiger partial charge in [0, 0.05) is 49.0 Å². The minimum atomic E-state index is -4.38. The molecule has 0 atom stereocenters. The quantitative estimate of drug-likeness (QED) is 0.590. The second kappa shape index (κ2) is 8.90. The van der Waals surface area contributed by atoms with Crippen LogP contribution < -0.4 is 9.64 Å². The van der Waals surface area contributed by atoms with Crippen molar-refractivity contribution in [1.82, 2.24) is 4.90 Å². The summed E-state index contributed by atoms with van der Waals surface area (Å²) in [5, 5.41) is 9.24. The number of hydrogen-bond acceptors (Lipinski definition) is 4. The lowest BCUT2D eigenvalue weighted by molar-refractivity contribution is -0.137. The number of carbonyl (C=O) groups excluding carboxylic acids is 1. The van der Waals surface area contributed by atoms with Crippen molar-refractivity contribution in [2.45, 2.75) is 6.18 Å². The van der Waals surface area contributed by atoms with Crippen LogP contribution in [0.5, 0.6) is 5.75 Å². The minimum Gasteiger partial charge on any atom is -0.483 e. The summed E-state index contributed by atoms with van der Waals surface area (Å²) in [5.41, 5.74) is 0.592. The van der Waals surface area contributed by atoms with E-state index in [0.717, 1.165) is 28.5 Å². The molecular weight excluding hydrogens is 419 g/mol. The number of piperazine rings is 1. The van der Waals surface area contributed by atoms with Crippen LogP contribution in [0.2, 0.25) is 0 Å². The lowest BCUT2D eigenvalue weighted by Gasteiger charge is -2.36. The number of hydrogen-bond donors (Lipinski definition) is 1. The molecule has 1 fully saturated rings. The highest BCUT2D eigenvalue weighted by molar-refractivity contribution is 6.01. The van der Waals surface area contributed by atoms with Gasteiger partial charge in [0.1, 0.15) is 5.75 Å². The Morgan fingerprint density at radius 3 is 2.38 bits per heavy atom. The van der Waals surface area contributed by atoms with Crippen LogP contribution in [0, 0.1) is 5.41 Å². The van der Waals surface area contributed by atoms with Crippen LogP contribution >= 0.6 is 0 Å². The Hall–Kier alpha value is -3.55. The lowest BCUT2D eigenvalue weighted by Crippen LogP contribution is -2.50. The first kappa shape index (κ1) is 21.7. The van der Waals surface area contributed by atoms with Crippen LogP contribution in [0.4, 0.5) is 18.9 Å². The molecule has 1 N–H and O–H groups in total. The highest BCUT2D eigenvalue weighted by Gasteiger charge is 2.31. The van der Waals surface area contributed by atoms with E-state index in [2.05, 4.69) is 0 Å². The molecule has 0 saturated carbocycles. The minimum absolute atomic E-state index is 0.127. The molecule has 3 aromatic carbocycles. The van der Waals surface area contributed by atoms with E-state index in [1.807, 2.05) is 29.2 Å². The SMILES string of the molecule is N=Cc1ccc(OCC(=O)N2CCN(c3cccc(C(F)(F)F)c3)CC2)c2ccccc12. The monoisotopic (exact) mass is 441 g/mol. The molecule has 0 aliphatic carbocycles. The van der Waals surface area contributed by atoms with Gasteiger partial charge in [0.15, 0.2) is 6.61 Å². The maximum absolute atomic E-state index is 13.0. The Morgan fingerprint density at radius 2 is 1.69 bits per heavy atom. The van der Waals surface area contributed by atoms with Gasteiger partial charge in [0.25, 0.3) is 5.91 Å². The Morgan fingerprint density at radius 1 is 0.969 bits per heavy atom. The maximum Gasteiger partial charge on any atom is 0.416 e. The third-order valence-electron chi connectivity index (χ3n) is 5.60. The van der Waals surface area contributed by atoms with E-state index in [0.29, 0.717) is 37.6 Å².